The van der Waals surface area contributed by atoms with Gasteiger partial charge in [0, 0.05) is 31.2 Å². The molecule has 3 rings (SSSR count). The Hall–Kier alpha value is -2.60. The van der Waals surface area contributed by atoms with E-state index in [9.17, 15) is 4.79 Å². The molecule has 1 heterocycles. The van der Waals surface area contributed by atoms with Crippen LogP contribution in [0.15, 0.2) is 42.5 Å². The van der Waals surface area contributed by atoms with Crippen LogP contribution in [0.5, 0.6) is 0 Å². The van der Waals surface area contributed by atoms with Gasteiger partial charge in [-0.1, -0.05) is 0 Å². The normalized spacial score (nSPS) is 10.6. The molecule has 0 bridgehead atoms. The number of carbonyl (C=O) groups excluding carboxylic acids is 1. The highest BCUT2D eigenvalue weighted by Gasteiger charge is 2.06. The molecule has 6 heteroatoms. The lowest BCUT2D eigenvalue weighted by Crippen LogP contribution is -2.19. The third kappa shape index (κ3) is 3.60. The minimum absolute atomic E-state index is 0.261. The molecule has 0 aliphatic carbocycles. The first-order valence-corrected chi connectivity index (χ1v) is 8.05. The van der Waals surface area contributed by atoms with Gasteiger partial charge in [0.05, 0.1) is 15.2 Å². The van der Waals surface area contributed by atoms with E-state index in [-0.39, 0.29) is 6.03 Å². The summed E-state index contributed by atoms with van der Waals surface area (Å²) in [4.78, 5) is 18.5. The lowest BCUT2D eigenvalue weighted by molar-refractivity contribution is 0.262. The van der Waals surface area contributed by atoms with Gasteiger partial charge in [-0.2, -0.15) is 0 Å². The van der Waals surface area contributed by atoms with Gasteiger partial charge in [-0.05, 0) is 49.4 Å². The van der Waals surface area contributed by atoms with Gasteiger partial charge >= 0.3 is 6.03 Å². The fourth-order valence-corrected chi connectivity index (χ4v) is 3.12. The third-order valence-corrected chi connectivity index (χ3v) is 4.33. The second-order valence-corrected chi connectivity index (χ2v) is 6.67. The molecule has 3 aromatic rings. The molecule has 0 aliphatic rings. The standard InChI is InChI=1S/C17H18N4OS/c1-11-18-15-9-6-13(10-16(15)23-11)20-17(22)19-12-4-7-14(8-5-12)21(2)3/h4-10H,1-3H3,(H2,19,20,22). The molecule has 0 spiro atoms. The highest BCUT2D eigenvalue weighted by molar-refractivity contribution is 7.18. The van der Waals surface area contributed by atoms with Gasteiger partial charge in [-0.15, -0.1) is 11.3 Å². The minimum Gasteiger partial charge on any atom is -0.378 e. The molecule has 118 valence electrons. The minimum atomic E-state index is -0.261. The second-order valence-electron chi connectivity index (χ2n) is 5.44. The Labute approximate surface area is 139 Å². The highest BCUT2D eigenvalue weighted by atomic mass is 32.1. The molecule has 2 amide bonds. The van der Waals surface area contributed by atoms with Crippen molar-refractivity contribution in [3.63, 3.8) is 0 Å². The zero-order valence-electron chi connectivity index (χ0n) is 13.3. The van der Waals surface area contributed by atoms with Crippen LogP contribution in [0.25, 0.3) is 10.2 Å². The molecule has 0 radical (unpaired) electrons. The molecule has 5 nitrogen and oxygen atoms in total. The van der Waals surface area contributed by atoms with Gasteiger partial charge in [0.1, 0.15) is 0 Å². The number of nitrogens with zero attached hydrogens (tertiary/aromatic N) is 2. The molecule has 0 aliphatic heterocycles. The van der Waals surface area contributed by atoms with Gasteiger partial charge in [0.25, 0.3) is 0 Å². The van der Waals surface area contributed by atoms with Crippen LogP contribution in [0.1, 0.15) is 5.01 Å². The molecule has 2 N–H and O–H groups in total. The SMILES string of the molecule is Cc1nc2ccc(NC(=O)Nc3ccc(N(C)C)cc3)cc2s1. The number of rotatable bonds is 3. The second kappa shape index (κ2) is 6.26. The maximum Gasteiger partial charge on any atom is 0.323 e. The number of aromatic nitrogens is 1. The predicted octanol–water partition coefficient (Wildman–Crippen LogP) is 4.31. The van der Waals surface area contributed by atoms with Crippen LogP contribution >= 0.6 is 11.3 Å². The molecule has 1 aromatic heterocycles. The summed E-state index contributed by atoms with van der Waals surface area (Å²) in [5.74, 6) is 0. The summed E-state index contributed by atoms with van der Waals surface area (Å²) in [5, 5.41) is 6.69. The molecule has 0 atom stereocenters. The Balaban J connectivity index is 1.67. The number of carbonyl (C=O) groups is 1. The summed E-state index contributed by atoms with van der Waals surface area (Å²) in [6.45, 7) is 1.97. The van der Waals surface area contributed by atoms with E-state index in [1.165, 1.54) is 0 Å². The Kier molecular flexibility index (Phi) is 4.16. The Morgan fingerprint density at radius 3 is 2.39 bits per heavy atom. The topological polar surface area (TPSA) is 57.3 Å². The summed E-state index contributed by atoms with van der Waals surface area (Å²) in [5.41, 5.74) is 3.55. The molecule has 0 fully saturated rings. The average Bonchev–Trinajstić information content (AvgIpc) is 2.87. The highest BCUT2D eigenvalue weighted by Crippen LogP contribution is 2.25. The number of benzene rings is 2. The fourth-order valence-electron chi connectivity index (χ4n) is 2.25. The number of hydrogen-bond donors (Lipinski definition) is 2. The maximum atomic E-state index is 12.1. The van der Waals surface area contributed by atoms with Crippen LogP contribution in [0.2, 0.25) is 0 Å². The number of amides is 2. The van der Waals surface area contributed by atoms with Crippen molar-refractivity contribution in [1.29, 1.82) is 0 Å². The monoisotopic (exact) mass is 326 g/mol. The fraction of sp³-hybridized carbons (Fsp3) is 0.176. The van der Waals surface area contributed by atoms with Crippen LogP contribution in [-0.4, -0.2) is 25.1 Å². The zero-order valence-corrected chi connectivity index (χ0v) is 14.1. The van der Waals surface area contributed by atoms with E-state index in [2.05, 4.69) is 15.6 Å². The van der Waals surface area contributed by atoms with E-state index in [4.69, 9.17) is 0 Å². The van der Waals surface area contributed by atoms with E-state index in [0.717, 1.165) is 32.3 Å². The van der Waals surface area contributed by atoms with Crippen molar-refractivity contribution >= 4 is 44.6 Å². The molecular weight excluding hydrogens is 308 g/mol. The van der Waals surface area contributed by atoms with E-state index >= 15 is 0 Å². The van der Waals surface area contributed by atoms with E-state index in [1.54, 1.807) is 11.3 Å². The van der Waals surface area contributed by atoms with Crippen LogP contribution in [0, 0.1) is 6.92 Å². The summed E-state index contributed by atoms with van der Waals surface area (Å²) >= 11 is 1.61. The van der Waals surface area contributed by atoms with Crippen molar-refractivity contribution < 1.29 is 4.79 Å². The van der Waals surface area contributed by atoms with Crippen molar-refractivity contribution in [3.8, 4) is 0 Å². The Morgan fingerprint density at radius 2 is 1.70 bits per heavy atom. The molecular formula is C17H18N4OS. The molecule has 0 saturated heterocycles. The first-order valence-electron chi connectivity index (χ1n) is 7.24. The van der Waals surface area contributed by atoms with Crippen molar-refractivity contribution in [2.24, 2.45) is 0 Å². The maximum absolute atomic E-state index is 12.1. The van der Waals surface area contributed by atoms with Gasteiger partial charge in [0.15, 0.2) is 0 Å². The van der Waals surface area contributed by atoms with Gasteiger partial charge < -0.3 is 15.5 Å². The van der Waals surface area contributed by atoms with Gasteiger partial charge in [-0.3, -0.25) is 0 Å². The van der Waals surface area contributed by atoms with Crippen molar-refractivity contribution in [2.45, 2.75) is 6.92 Å². The van der Waals surface area contributed by atoms with Crippen molar-refractivity contribution in [3.05, 3.63) is 47.5 Å². The molecule has 23 heavy (non-hydrogen) atoms. The van der Waals surface area contributed by atoms with Crippen LogP contribution in [0.4, 0.5) is 21.9 Å². The first-order chi connectivity index (χ1) is 11.0. The number of urea groups is 1. The smallest absolute Gasteiger partial charge is 0.323 e. The summed E-state index contributed by atoms with van der Waals surface area (Å²) in [7, 11) is 3.96. The number of aryl methyl sites for hydroxylation is 1. The number of hydrogen-bond acceptors (Lipinski definition) is 4. The van der Waals surface area contributed by atoms with E-state index < -0.39 is 0 Å². The predicted molar refractivity (Wildman–Crippen MR) is 97.8 cm³/mol. The van der Waals surface area contributed by atoms with Crippen molar-refractivity contribution in [2.75, 3.05) is 29.6 Å². The summed E-state index contributed by atoms with van der Waals surface area (Å²) < 4.78 is 1.07. The number of anilines is 3. The van der Waals surface area contributed by atoms with Crippen molar-refractivity contribution in [1.82, 2.24) is 4.98 Å². The molecule has 0 unspecified atom stereocenters. The molecule has 0 saturated carbocycles. The Bertz CT molecular complexity index is 839. The van der Waals surface area contributed by atoms with Crippen LogP contribution in [0.3, 0.4) is 0 Å². The number of fused-ring (bicyclic) bond motifs is 1. The first kappa shape index (κ1) is 15.3. The third-order valence-electron chi connectivity index (χ3n) is 3.39. The van der Waals surface area contributed by atoms with Crippen LogP contribution in [-0.2, 0) is 0 Å². The number of thiazole rings is 1. The number of nitrogens with one attached hydrogen (secondary N) is 2. The largest absolute Gasteiger partial charge is 0.378 e. The lowest BCUT2D eigenvalue weighted by Gasteiger charge is -2.13. The van der Waals surface area contributed by atoms with Crippen LogP contribution < -0.4 is 15.5 Å². The Morgan fingerprint density at radius 1 is 1.04 bits per heavy atom. The van der Waals surface area contributed by atoms with Gasteiger partial charge in [-0.25, -0.2) is 9.78 Å². The van der Waals surface area contributed by atoms with Gasteiger partial charge in [0.2, 0.25) is 0 Å². The average molecular weight is 326 g/mol. The van der Waals surface area contributed by atoms with E-state index in [0.29, 0.717) is 0 Å². The zero-order chi connectivity index (χ0) is 16.4. The summed E-state index contributed by atoms with van der Waals surface area (Å²) in [6.07, 6.45) is 0. The summed E-state index contributed by atoms with van der Waals surface area (Å²) in [6, 6.07) is 13.1. The quantitative estimate of drug-likeness (QED) is 0.754. The van der Waals surface area contributed by atoms with E-state index in [1.807, 2.05) is 68.4 Å². The lowest BCUT2D eigenvalue weighted by atomic mass is 10.2. The molecule has 2 aromatic carbocycles.